The van der Waals surface area contributed by atoms with Crippen LogP contribution in [0.3, 0.4) is 0 Å². The van der Waals surface area contributed by atoms with Crippen molar-refractivity contribution in [1.29, 1.82) is 0 Å². The van der Waals surface area contributed by atoms with Crippen molar-refractivity contribution in [3.05, 3.63) is 35.2 Å². The minimum absolute atomic E-state index is 0.00194. The molecule has 6 heteroatoms. The molecule has 0 aliphatic carbocycles. The lowest BCUT2D eigenvalue weighted by atomic mass is 10.1. The van der Waals surface area contributed by atoms with Gasteiger partial charge in [0.1, 0.15) is 11.6 Å². The minimum Gasteiger partial charge on any atom is -0.334 e. The monoisotopic (exact) mass is 239 g/mol. The number of rotatable bonds is 2. The number of hydrogen-bond acceptors (Lipinski definition) is 4. The maximum Gasteiger partial charge on any atom is 0.260 e. The molecule has 0 radical (unpaired) electrons. The number of nitrogens with two attached hydrogens (primary N) is 1. The van der Waals surface area contributed by atoms with Gasteiger partial charge in [0.2, 0.25) is 0 Å². The number of aryl methyl sites for hydroxylation is 1. The minimum atomic E-state index is -0.743. The Morgan fingerprint density at radius 1 is 1.29 bits per heavy atom. The summed E-state index contributed by atoms with van der Waals surface area (Å²) in [5, 5.41) is 3.61. The van der Waals surface area contributed by atoms with Gasteiger partial charge < -0.3 is 10.3 Å². The summed E-state index contributed by atoms with van der Waals surface area (Å²) in [5.74, 6) is -1.08. The molecule has 90 valence electrons. The van der Waals surface area contributed by atoms with Gasteiger partial charge in [-0.2, -0.15) is 4.98 Å². The van der Waals surface area contributed by atoms with E-state index in [4.69, 9.17) is 10.3 Å². The molecule has 0 aliphatic heterocycles. The van der Waals surface area contributed by atoms with Gasteiger partial charge in [0.05, 0.1) is 11.6 Å². The van der Waals surface area contributed by atoms with E-state index in [9.17, 15) is 8.78 Å². The molecule has 1 unspecified atom stereocenters. The van der Waals surface area contributed by atoms with E-state index in [1.807, 2.05) is 0 Å². The summed E-state index contributed by atoms with van der Waals surface area (Å²) in [5.41, 5.74) is 5.94. The molecule has 0 fully saturated rings. The Hall–Kier alpha value is -1.82. The van der Waals surface area contributed by atoms with E-state index in [1.54, 1.807) is 6.92 Å². The van der Waals surface area contributed by atoms with Gasteiger partial charge in [-0.05, 0) is 25.5 Å². The Labute approximate surface area is 96.4 Å². The highest BCUT2D eigenvalue weighted by Crippen LogP contribution is 2.24. The topological polar surface area (TPSA) is 64.9 Å². The summed E-state index contributed by atoms with van der Waals surface area (Å²) >= 11 is 0. The maximum atomic E-state index is 13.5. The van der Waals surface area contributed by atoms with E-state index in [2.05, 4.69) is 10.1 Å². The van der Waals surface area contributed by atoms with Crippen LogP contribution in [0.4, 0.5) is 8.78 Å². The molecule has 0 saturated carbocycles. The van der Waals surface area contributed by atoms with Crippen molar-refractivity contribution in [1.82, 2.24) is 10.1 Å². The molecule has 1 atom stereocenters. The predicted molar refractivity (Wildman–Crippen MR) is 57.0 cm³/mol. The number of halogens is 2. The Morgan fingerprint density at radius 3 is 2.59 bits per heavy atom. The summed E-state index contributed by atoms with van der Waals surface area (Å²) < 4.78 is 31.5. The second-order valence-corrected chi connectivity index (χ2v) is 3.83. The highest BCUT2D eigenvalue weighted by atomic mass is 19.1. The van der Waals surface area contributed by atoms with Crippen LogP contribution < -0.4 is 5.73 Å². The molecular weight excluding hydrogens is 228 g/mol. The molecule has 1 aromatic heterocycles. The Kier molecular flexibility index (Phi) is 2.89. The summed E-state index contributed by atoms with van der Waals surface area (Å²) in [4.78, 5) is 3.95. The molecule has 0 saturated heterocycles. The fourth-order valence-corrected chi connectivity index (χ4v) is 1.35. The fraction of sp³-hybridized carbons (Fsp3) is 0.273. The summed E-state index contributed by atoms with van der Waals surface area (Å²) in [7, 11) is 0. The zero-order valence-corrected chi connectivity index (χ0v) is 9.37. The van der Waals surface area contributed by atoms with Crippen LogP contribution in [-0.2, 0) is 0 Å². The maximum absolute atomic E-state index is 13.5. The van der Waals surface area contributed by atoms with Crippen LogP contribution in [0.25, 0.3) is 11.5 Å². The first kappa shape index (κ1) is 11.7. The van der Waals surface area contributed by atoms with E-state index in [0.29, 0.717) is 5.56 Å². The van der Waals surface area contributed by atoms with Gasteiger partial charge in [0.15, 0.2) is 5.82 Å². The Bertz CT molecular complexity index is 552. The van der Waals surface area contributed by atoms with E-state index in [1.165, 1.54) is 13.0 Å². The van der Waals surface area contributed by atoms with E-state index < -0.39 is 17.7 Å². The Balaban J connectivity index is 2.49. The number of benzene rings is 1. The van der Waals surface area contributed by atoms with Gasteiger partial charge in [0.25, 0.3) is 5.89 Å². The first-order valence-corrected chi connectivity index (χ1v) is 5.04. The van der Waals surface area contributed by atoms with Gasteiger partial charge in [-0.3, -0.25) is 0 Å². The third kappa shape index (κ3) is 2.16. The van der Waals surface area contributed by atoms with Gasteiger partial charge in [0, 0.05) is 6.07 Å². The van der Waals surface area contributed by atoms with E-state index in [0.717, 1.165) is 6.07 Å². The smallest absolute Gasteiger partial charge is 0.260 e. The number of aromatic nitrogens is 2. The highest BCUT2D eigenvalue weighted by molar-refractivity contribution is 5.55. The van der Waals surface area contributed by atoms with Crippen LogP contribution in [0.15, 0.2) is 16.7 Å². The van der Waals surface area contributed by atoms with Crippen molar-refractivity contribution < 1.29 is 13.3 Å². The third-order valence-electron chi connectivity index (χ3n) is 2.33. The van der Waals surface area contributed by atoms with Crippen molar-refractivity contribution in [3.8, 4) is 11.5 Å². The van der Waals surface area contributed by atoms with Crippen LogP contribution in [0, 0.1) is 18.6 Å². The predicted octanol–water partition coefficient (Wildman–Crippen LogP) is 2.34. The molecule has 0 amide bonds. The molecule has 1 aromatic carbocycles. The van der Waals surface area contributed by atoms with Gasteiger partial charge in [-0.25, -0.2) is 8.78 Å². The third-order valence-corrected chi connectivity index (χ3v) is 2.33. The van der Waals surface area contributed by atoms with Crippen LogP contribution in [0.5, 0.6) is 0 Å². The van der Waals surface area contributed by atoms with Crippen molar-refractivity contribution in [3.63, 3.8) is 0 Å². The molecule has 0 aliphatic rings. The fourth-order valence-electron chi connectivity index (χ4n) is 1.35. The van der Waals surface area contributed by atoms with Gasteiger partial charge in [-0.1, -0.05) is 5.16 Å². The van der Waals surface area contributed by atoms with Crippen LogP contribution in [0.1, 0.15) is 24.4 Å². The first-order chi connectivity index (χ1) is 7.99. The lowest BCUT2D eigenvalue weighted by Gasteiger charge is -2.00. The normalized spacial score (nSPS) is 12.8. The highest BCUT2D eigenvalue weighted by Gasteiger charge is 2.16. The Morgan fingerprint density at radius 2 is 2.00 bits per heavy atom. The average molecular weight is 239 g/mol. The molecule has 2 rings (SSSR count). The van der Waals surface area contributed by atoms with Gasteiger partial charge in [-0.15, -0.1) is 0 Å². The largest absolute Gasteiger partial charge is 0.334 e. The quantitative estimate of drug-likeness (QED) is 0.873. The summed E-state index contributed by atoms with van der Waals surface area (Å²) in [6.07, 6.45) is 0. The first-order valence-electron chi connectivity index (χ1n) is 5.04. The van der Waals surface area contributed by atoms with Crippen molar-refractivity contribution >= 4 is 0 Å². The second kappa shape index (κ2) is 4.21. The summed E-state index contributed by atoms with van der Waals surface area (Å²) in [6, 6.07) is 1.71. The van der Waals surface area contributed by atoms with Crippen LogP contribution in [0.2, 0.25) is 0 Å². The van der Waals surface area contributed by atoms with Crippen molar-refractivity contribution in [2.24, 2.45) is 5.73 Å². The van der Waals surface area contributed by atoms with Crippen molar-refractivity contribution in [2.45, 2.75) is 19.9 Å². The number of nitrogens with zero attached hydrogens (tertiary/aromatic N) is 2. The zero-order valence-electron chi connectivity index (χ0n) is 9.37. The molecule has 17 heavy (non-hydrogen) atoms. The SMILES string of the molecule is Cc1cc(-c2nc(C(C)N)no2)c(F)cc1F. The molecule has 0 bridgehead atoms. The molecule has 2 aromatic rings. The summed E-state index contributed by atoms with van der Waals surface area (Å²) in [6.45, 7) is 3.21. The number of hydrogen-bond donors (Lipinski definition) is 1. The lowest BCUT2D eigenvalue weighted by molar-refractivity contribution is 0.416. The average Bonchev–Trinajstić information content (AvgIpc) is 2.72. The van der Waals surface area contributed by atoms with Crippen LogP contribution >= 0.6 is 0 Å². The van der Waals surface area contributed by atoms with Gasteiger partial charge >= 0.3 is 0 Å². The van der Waals surface area contributed by atoms with E-state index >= 15 is 0 Å². The molecule has 2 N–H and O–H groups in total. The second-order valence-electron chi connectivity index (χ2n) is 3.83. The van der Waals surface area contributed by atoms with E-state index in [-0.39, 0.29) is 17.3 Å². The molecule has 1 heterocycles. The molecular formula is C11H11F2N3O. The molecule has 0 spiro atoms. The van der Waals surface area contributed by atoms with Crippen molar-refractivity contribution in [2.75, 3.05) is 0 Å². The lowest BCUT2D eigenvalue weighted by Crippen LogP contribution is -2.06. The molecule has 4 nitrogen and oxygen atoms in total. The zero-order chi connectivity index (χ0) is 12.6. The standard InChI is InChI=1S/C11H11F2N3O/c1-5-3-7(9(13)4-8(5)12)11-15-10(6(2)14)16-17-11/h3-4,6H,14H2,1-2H3. The van der Waals surface area contributed by atoms with Crippen LogP contribution in [-0.4, -0.2) is 10.1 Å².